The van der Waals surface area contributed by atoms with Crippen LogP contribution in [0.3, 0.4) is 0 Å². The number of aromatic hydroxyl groups is 1. The fourth-order valence-corrected chi connectivity index (χ4v) is 2.35. The molecule has 1 aromatic heterocycles. The molecule has 0 aliphatic heterocycles. The third kappa shape index (κ3) is 4.34. The number of nitrogens with one attached hydrogen (secondary N) is 3. The third-order valence-electron chi connectivity index (χ3n) is 3.56. The number of hydrogen-bond donors (Lipinski definition) is 4. The van der Waals surface area contributed by atoms with Gasteiger partial charge in [-0.25, -0.2) is 0 Å². The standard InChI is InChI=1S/C16H21N3O5.ClH/c1-4-17-5-6-18-15(21)13-14(20)9-7-11(23-2)12(24-3)8-10(9)19-16(13)22;/h7-8,17H,4-6H2,1-3H3,(H,18,21)(H2,19,20,22);1H. The minimum atomic E-state index is -0.673. The highest BCUT2D eigenvalue weighted by atomic mass is 35.5. The molecule has 4 N–H and O–H groups in total. The zero-order chi connectivity index (χ0) is 17.7. The van der Waals surface area contributed by atoms with Crippen molar-refractivity contribution in [3.05, 3.63) is 28.0 Å². The predicted molar refractivity (Wildman–Crippen MR) is 97.5 cm³/mol. The highest BCUT2D eigenvalue weighted by Gasteiger charge is 2.20. The number of carbonyl (C=O) groups is 1. The van der Waals surface area contributed by atoms with Gasteiger partial charge in [-0.15, -0.1) is 12.4 Å². The normalized spacial score (nSPS) is 10.2. The van der Waals surface area contributed by atoms with E-state index < -0.39 is 17.2 Å². The van der Waals surface area contributed by atoms with Crippen molar-refractivity contribution >= 4 is 29.2 Å². The first-order valence-electron chi connectivity index (χ1n) is 7.53. The molecule has 0 atom stereocenters. The SMILES string of the molecule is CCNCCNC(=O)c1c(O)c2cc(OC)c(OC)cc2[nH]c1=O.Cl. The number of aromatic nitrogens is 1. The summed E-state index contributed by atoms with van der Waals surface area (Å²) in [5.74, 6) is -0.243. The molecule has 2 aromatic rings. The quantitative estimate of drug-likeness (QED) is 0.540. The largest absolute Gasteiger partial charge is 0.506 e. The van der Waals surface area contributed by atoms with E-state index in [0.29, 0.717) is 35.5 Å². The second-order valence-corrected chi connectivity index (χ2v) is 5.04. The van der Waals surface area contributed by atoms with E-state index in [2.05, 4.69) is 15.6 Å². The smallest absolute Gasteiger partial charge is 0.265 e. The highest BCUT2D eigenvalue weighted by molar-refractivity contribution is 6.02. The molecule has 0 fully saturated rings. The molecule has 9 heteroatoms. The maximum absolute atomic E-state index is 12.2. The predicted octanol–water partition coefficient (Wildman–Crippen LogP) is 1.01. The van der Waals surface area contributed by atoms with Gasteiger partial charge in [0.2, 0.25) is 0 Å². The molecule has 138 valence electrons. The molecule has 0 bridgehead atoms. The Morgan fingerprint density at radius 1 is 1.20 bits per heavy atom. The van der Waals surface area contributed by atoms with Crippen molar-refractivity contribution in [3.8, 4) is 17.2 Å². The van der Waals surface area contributed by atoms with Crippen LogP contribution in [0.5, 0.6) is 17.2 Å². The first kappa shape index (κ1) is 20.6. The number of aromatic amines is 1. The number of rotatable bonds is 7. The van der Waals surface area contributed by atoms with Crippen LogP contribution in [0.25, 0.3) is 10.9 Å². The molecule has 0 radical (unpaired) electrons. The molecule has 0 unspecified atom stereocenters. The van der Waals surface area contributed by atoms with Crippen molar-refractivity contribution in [2.75, 3.05) is 33.9 Å². The summed E-state index contributed by atoms with van der Waals surface area (Å²) in [6.45, 7) is 3.64. The van der Waals surface area contributed by atoms with Crippen LogP contribution in [0, 0.1) is 0 Å². The van der Waals surface area contributed by atoms with Crippen molar-refractivity contribution in [1.82, 2.24) is 15.6 Å². The van der Waals surface area contributed by atoms with E-state index >= 15 is 0 Å². The molecule has 0 aliphatic rings. The average Bonchev–Trinajstić information content (AvgIpc) is 2.57. The molecule has 0 aliphatic carbocycles. The first-order valence-corrected chi connectivity index (χ1v) is 7.53. The number of ether oxygens (including phenoxy) is 2. The van der Waals surface area contributed by atoms with E-state index in [1.54, 1.807) is 0 Å². The zero-order valence-corrected chi connectivity index (χ0v) is 15.1. The van der Waals surface area contributed by atoms with Gasteiger partial charge >= 0.3 is 0 Å². The fourth-order valence-electron chi connectivity index (χ4n) is 2.35. The lowest BCUT2D eigenvalue weighted by atomic mass is 10.1. The summed E-state index contributed by atoms with van der Waals surface area (Å²) in [7, 11) is 2.93. The number of fused-ring (bicyclic) bond motifs is 1. The number of methoxy groups -OCH3 is 2. The fraction of sp³-hybridized carbons (Fsp3) is 0.375. The molecule has 0 saturated carbocycles. The Labute approximate surface area is 150 Å². The van der Waals surface area contributed by atoms with E-state index in [1.165, 1.54) is 26.4 Å². The van der Waals surface area contributed by atoms with Crippen molar-refractivity contribution in [1.29, 1.82) is 0 Å². The number of hydrogen-bond acceptors (Lipinski definition) is 6. The maximum Gasteiger partial charge on any atom is 0.265 e. The number of benzene rings is 1. The highest BCUT2D eigenvalue weighted by Crippen LogP contribution is 2.35. The van der Waals surface area contributed by atoms with Gasteiger partial charge in [-0.1, -0.05) is 6.92 Å². The Balaban J connectivity index is 0.00000312. The van der Waals surface area contributed by atoms with Gasteiger partial charge in [0.05, 0.1) is 19.7 Å². The summed E-state index contributed by atoms with van der Waals surface area (Å²) in [5, 5.41) is 16.3. The maximum atomic E-state index is 12.2. The van der Waals surface area contributed by atoms with Crippen LogP contribution in [0.4, 0.5) is 0 Å². The number of carbonyl (C=O) groups excluding carboxylic acids is 1. The van der Waals surface area contributed by atoms with E-state index in [0.717, 1.165) is 6.54 Å². The van der Waals surface area contributed by atoms with E-state index in [-0.39, 0.29) is 18.0 Å². The molecule has 8 nitrogen and oxygen atoms in total. The van der Waals surface area contributed by atoms with Gasteiger partial charge in [0, 0.05) is 24.5 Å². The van der Waals surface area contributed by atoms with Crippen LogP contribution >= 0.6 is 12.4 Å². The van der Waals surface area contributed by atoms with Crippen molar-refractivity contribution in [2.24, 2.45) is 0 Å². The summed E-state index contributed by atoms with van der Waals surface area (Å²) in [4.78, 5) is 27.0. The molecule has 2 rings (SSSR count). The van der Waals surface area contributed by atoms with Crippen molar-refractivity contribution in [2.45, 2.75) is 6.92 Å². The van der Waals surface area contributed by atoms with Gasteiger partial charge in [-0.05, 0) is 12.6 Å². The number of amides is 1. The Morgan fingerprint density at radius 2 is 1.84 bits per heavy atom. The minimum Gasteiger partial charge on any atom is -0.506 e. The van der Waals surface area contributed by atoms with E-state index in [9.17, 15) is 14.7 Å². The minimum absolute atomic E-state index is 0. The molecule has 1 aromatic carbocycles. The van der Waals surface area contributed by atoms with E-state index in [1.807, 2.05) is 6.92 Å². The third-order valence-corrected chi connectivity index (χ3v) is 3.56. The summed E-state index contributed by atoms with van der Waals surface area (Å²) in [6.07, 6.45) is 0. The Hall–Kier alpha value is -2.45. The lowest BCUT2D eigenvalue weighted by Gasteiger charge is -2.12. The van der Waals surface area contributed by atoms with Crippen LogP contribution in [-0.4, -0.2) is 49.9 Å². The molecular weight excluding hydrogens is 350 g/mol. The number of likely N-dealkylation sites (N-methyl/N-ethyl adjacent to an activating group) is 1. The second-order valence-electron chi connectivity index (χ2n) is 5.04. The Kier molecular flexibility index (Phi) is 7.53. The lowest BCUT2D eigenvalue weighted by Crippen LogP contribution is -2.34. The van der Waals surface area contributed by atoms with Crippen LogP contribution in [0.15, 0.2) is 16.9 Å². The van der Waals surface area contributed by atoms with Gasteiger partial charge in [-0.3, -0.25) is 9.59 Å². The van der Waals surface area contributed by atoms with Gasteiger partial charge < -0.3 is 30.2 Å². The van der Waals surface area contributed by atoms with Crippen LogP contribution in [0.2, 0.25) is 0 Å². The Bertz CT molecular complexity index is 806. The second kappa shape index (κ2) is 9.14. The van der Waals surface area contributed by atoms with Gasteiger partial charge in [0.25, 0.3) is 11.5 Å². The topological polar surface area (TPSA) is 113 Å². The molecule has 0 saturated heterocycles. The summed E-state index contributed by atoms with van der Waals surface area (Å²) < 4.78 is 10.3. The lowest BCUT2D eigenvalue weighted by molar-refractivity contribution is 0.0950. The van der Waals surface area contributed by atoms with Gasteiger partial charge in [-0.2, -0.15) is 0 Å². The molecule has 1 heterocycles. The summed E-state index contributed by atoms with van der Waals surface area (Å²) in [6, 6.07) is 3.04. The van der Waals surface area contributed by atoms with Crippen molar-refractivity contribution < 1.29 is 19.4 Å². The Morgan fingerprint density at radius 3 is 2.44 bits per heavy atom. The van der Waals surface area contributed by atoms with Crippen LogP contribution in [0.1, 0.15) is 17.3 Å². The summed E-state index contributed by atoms with van der Waals surface area (Å²) >= 11 is 0. The first-order chi connectivity index (χ1) is 11.5. The molecule has 1 amide bonds. The number of H-pyrrole nitrogens is 1. The monoisotopic (exact) mass is 371 g/mol. The summed E-state index contributed by atoms with van der Waals surface area (Å²) in [5.41, 5.74) is -0.654. The molecule has 25 heavy (non-hydrogen) atoms. The average molecular weight is 372 g/mol. The van der Waals surface area contributed by atoms with E-state index in [4.69, 9.17) is 9.47 Å². The van der Waals surface area contributed by atoms with Crippen LogP contribution < -0.4 is 25.7 Å². The van der Waals surface area contributed by atoms with Gasteiger partial charge in [0.15, 0.2) is 11.5 Å². The number of halogens is 1. The van der Waals surface area contributed by atoms with Gasteiger partial charge in [0.1, 0.15) is 11.3 Å². The molecular formula is C16H22ClN3O5. The van der Waals surface area contributed by atoms with Crippen molar-refractivity contribution in [3.63, 3.8) is 0 Å². The number of pyridine rings is 1. The van der Waals surface area contributed by atoms with Crippen LogP contribution in [-0.2, 0) is 0 Å². The molecule has 0 spiro atoms. The zero-order valence-electron chi connectivity index (χ0n) is 14.3.